The molecule has 2 aliphatic heterocycles. The smallest absolute Gasteiger partial charge is 0.107 e. The lowest BCUT2D eigenvalue weighted by molar-refractivity contribution is -0.118. The molecule has 2 atom stereocenters. The van der Waals surface area contributed by atoms with Gasteiger partial charge in [-0.25, -0.2) is 0 Å². The number of nitrogens with one attached hydrogen (secondary N) is 1. The Morgan fingerprint density at radius 3 is 3.17 bits per heavy atom. The van der Waals surface area contributed by atoms with E-state index in [1.807, 2.05) is 0 Å². The molecule has 12 heavy (non-hydrogen) atoms. The highest BCUT2D eigenvalue weighted by Crippen LogP contribution is 2.33. The fourth-order valence-electron chi connectivity index (χ4n) is 2.36. The van der Waals surface area contributed by atoms with Gasteiger partial charge in [0.2, 0.25) is 0 Å². The molecule has 1 N–H and O–H groups in total. The minimum atomic E-state index is 0.00694. The highest BCUT2D eigenvalue weighted by molar-refractivity contribution is 4.97. The zero-order chi connectivity index (χ0) is 8.44. The van der Waals surface area contributed by atoms with E-state index in [1.54, 1.807) is 7.11 Å². The van der Waals surface area contributed by atoms with Gasteiger partial charge in [-0.15, -0.1) is 0 Å². The highest BCUT2D eigenvalue weighted by Gasteiger charge is 2.44. The molecule has 0 aliphatic carbocycles. The van der Waals surface area contributed by atoms with Crippen LogP contribution in [-0.2, 0) is 9.47 Å². The molecule has 0 aromatic heterocycles. The summed E-state index contributed by atoms with van der Waals surface area (Å²) in [6, 6.07) is 0. The molecule has 70 valence electrons. The average Bonchev–Trinajstić information content (AvgIpc) is 2.55. The molecular formula is C9H17NO2. The van der Waals surface area contributed by atoms with Gasteiger partial charge in [-0.2, -0.15) is 0 Å². The van der Waals surface area contributed by atoms with Crippen molar-refractivity contribution >= 4 is 0 Å². The number of piperidine rings is 1. The van der Waals surface area contributed by atoms with E-state index in [-0.39, 0.29) is 5.60 Å². The molecule has 2 aliphatic rings. The fourth-order valence-corrected chi connectivity index (χ4v) is 2.36. The normalized spacial score (nSPS) is 42.2. The first-order valence-corrected chi connectivity index (χ1v) is 4.75. The van der Waals surface area contributed by atoms with E-state index in [0.717, 1.165) is 32.5 Å². The van der Waals surface area contributed by atoms with Gasteiger partial charge in [-0.3, -0.25) is 0 Å². The molecule has 2 fully saturated rings. The molecule has 3 nitrogen and oxygen atoms in total. The van der Waals surface area contributed by atoms with Gasteiger partial charge in [0, 0.05) is 20.3 Å². The minimum Gasteiger partial charge on any atom is -0.378 e. The van der Waals surface area contributed by atoms with Crippen LogP contribution in [0.2, 0.25) is 0 Å². The topological polar surface area (TPSA) is 30.5 Å². The Labute approximate surface area is 73.4 Å². The van der Waals surface area contributed by atoms with Gasteiger partial charge in [0.05, 0.1) is 6.10 Å². The van der Waals surface area contributed by atoms with Crippen molar-refractivity contribution in [1.82, 2.24) is 5.32 Å². The van der Waals surface area contributed by atoms with Gasteiger partial charge in [0.15, 0.2) is 0 Å². The largest absolute Gasteiger partial charge is 0.378 e. The molecule has 3 heteroatoms. The van der Waals surface area contributed by atoms with Crippen molar-refractivity contribution in [2.24, 2.45) is 0 Å². The average molecular weight is 171 g/mol. The van der Waals surface area contributed by atoms with Crippen LogP contribution in [0.3, 0.4) is 0 Å². The van der Waals surface area contributed by atoms with Crippen LogP contribution in [0.5, 0.6) is 0 Å². The molecule has 2 heterocycles. The fraction of sp³-hybridized carbons (Fsp3) is 1.00. The van der Waals surface area contributed by atoms with Crippen LogP contribution in [0.1, 0.15) is 19.3 Å². The Bertz CT molecular complexity index is 155. The van der Waals surface area contributed by atoms with Crippen LogP contribution in [-0.4, -0.2) is 38.5 Å². The first kappa shape index (κ1) is 8.48. The third kappa shape index (κ3) is 1.26. The van der Waals surface area contributed by atoms with Crippen molar-refractivity contribution in [1.29, 1.82) is 0 Å². The first-order valence-electron chi connectivity index (χ1n) is 4.75. The summed E-state index contributed by atoms with van der Waals surface area (Å²) in [5.74, 6) is 0. The first-order chi connectivity index (χ1) is 5.87. The Balaban J connectivity index is 2.07. The molecule has 2 rings (SSSR count). The molecular weight excluding hydrogens is 154 g/mol. The van der Waals surface area contributed by atoms with Crippen molar-refractivity contribution < 1.29 is 9.47 Å². The highest BCUT2D eigenvalue weighted by atomic mass is 16.5. The maximum absolute atomic E-state index is 5.80. The number of ether oxygens (including phenoxy) is 2. The van der Waals surface area contributed by atoms with Gasteiger partial charge in [0.1, 0.15) is 5.60 Å². The molecule has 0 aromatic rings. The summed E-state index contributed by atoms with van der Waals surface area (Å²) in [6.45, 7) is 2.93. The van der Waals surface area contributed by atoms with Crippen molar-refractivity contribution in [3.05, 3.63) is 0 Å². The van der Waals surface area contributed by atoms with Crippen LogP contribution in [0.25, 0.3) is 0 Å². The lowest BCUT2D eigenvalue weighted by Gasteiger charge is -2.39. The van der Waals surface area contributed by atoms with Crippen LogP contribution in [0, 0.1) is 0 Å². The molecule has 2 saturated heterocycles. The van der Waals surface area contributed by atoms with E-state index >= 15 is 0 Å². The van der Waals surface area contributed by atoms with Crippen molar-refractivity contribution in [3.8, 4) is 0 Å². The molecule has 0 unspecified atom stereocenters. The molecule has 0 saturated carbocycles. The minimum absolute atomic E-state index is 0.00694. The summed E-state index contributed by atoms with van der Waals surface area (Å²) in [6.07, 6.45) is 3.72. The number of hydrogen-bond donors (Lipinski definition) is 1. The zero-order valence-electron chi connectivity index (χ0n) is 7.64. The second kappa shape index (κ2) is 3.32. The summed E-state index contributed by atoms with van der Waals surface area (Å²) in [5, 5.41) is 3.38. The van der Waals surface area contributed by atoms with E-state index in [4.69, 9.17) is 9.47 Å². The number of hydrogen-bond acceptors (Lipinski definition) is 3. The van der Waals surface area contributed by atoms with E-state index in [2.05, 4.69) is 5.32 Å². The monoisotopic (exact) mass is 171 g/mol. The lowest BCUT2D eigenvalue weighted by Crippen LogP contribution is -2.55. The predicted octanol–water partition coefficient (Wildman–Crippen LogP) is 0.544. The lowest BCUT2D eigenvalue weighted by atomic mass is 9.88. The summed E-state index contributed by atoms with van der Waals surface area (Å²) in [7, 11) is 1.79. The van der Waals surface area contributed by atoms with E-state index in [0.29, 0.717) is 6.10 Å². The van der Waals surface area contributed by atoms with E-state index in [1.165, 1.54) is 6.42 Å². The van der Waals surface area contributed by atoms with Crippen LogP contribution in [0.4, 0.5) is 0 Å². The Morgan fingerprint density at radius 1 is 1.58 bits per heavy atom. The Morgan fingerprint density at radius 2 is 2.50 bits per heavy atom. The van der Waals surface area contributed by atoms with Crippen LogP contribution >= 0.6 is 0 Å². The summed E-state index contributed by atoms with van der Waals surface area (Å²) in [5.41, 5.74) is 0.00694. The second-order valence-corrected chi connectivity index (χ2v) is 3.71. The van der Waals surface area contributed by atoms with Gasteiger partial charge in [-0.1, -0.05) is 0 Å². The maximum atomic E-state index is 5.80. The third-order valence-electron chi connectivity index (χ3n) is 3.01. The van der Waals surface area contributed by atoms with Crippen molar-refractivity contribution in [3.63, 3.8) is 0 Å². The molecule has 1 spiro atoms. The zero-order valence-corrected chi connectivity index (χ0v) is 7.64. The molecule has 0 bridgehead atoms. The van der Waals surface area contributed by atoms with Gasteiger partial charge in [0.25, 0.3) is 0 Å². The van der Waals surface area contributed by atoms with Crippen LogP contribution in [0.15, 0.2) is 0 Å². The van der Waals surface area contributed by atoms with Gasteiger partial charge in [-0.05, 0) is 25.8 Å². The second-order valence-electron chi connectivity index (χ2n) is 3.71. The van der Waals surface area contributed by atoms with Gasteiger partial charge < -0.3 is 14.8 Å². The quantitative estimate of drug-likeness (QED) is 0.624. The van der Waals surface area contributed by atoms with Gasteiger partial charge >= 0.3 is 0 Å². The summed E-state index contributed by atoms with van der Waals surface area (Å²) >= 11 is 0. The number of methoxy groups -OCH3 is 1. The molecule has 0 aromatic carbocycles. The molecule has 0 amide bonds. The van der Waals surface area contributed by atoms with Crippen molar-refractivity contribution in [2.45, 2.75) is 31.0 Å². The van der Waals surface area contributed by atoms with Crippen molar-refractivity contribution in [2.75, 3.05) is 26.8 Å². The SMILES string of the molecule is CO[C@H]1CCNC[C@@]12CCCO2. The Hall–Kier alpha value is -0.120. The van der Waals surface area contributed by atoms with E-state index in [9.17, 15) is 0 Å². The Kier molecular flexibility index (Phi) is 2.35. The van der Waals surface area contributed by atoms with Crippen LogP contribution < -0.4 is 5.32 Å². The molecule has 0 radical (unpaired) electrons. The predicted molar refractivity (Wildman–Crippen MR) is 46.2 cm³/mol. The summed E-state index contributed by atoms with van der Waals surface area (Å²) in [4.78, 5) is 0. The number of rotatable bonds is 1. The maximum Gasteiger partial charge on any atom is 0.107 e. The third-order valence-corrected chi connectivity index (χ3v) is 3.01. The standard InChI is InChI=1S/C9H17NO2/c1-11-8-3-5-10-7-9(8)4-2-6-12-9/h8,10H,2-7H2,1H3/t8-,9-/m0/s1. The summed E-state index contributed by atoms with van der Waals surface area (Å²) < 4.78 is 11.3. The van der Waals surface area contributed by atoms with E-state index < -0.39 is 0 Å².